The molecular formula is C23H22ClF3N4O. The van der Waals surface area contributed by atoms with Gasteiger partial charge in [0.25, 0.3) is 5.91 Å². The molecule has 0 saturated carbocycles. The lowest BCUT2D eigenvalue weighted by atomic mass is 9.96. The Morgan fingerprint density at radius 2 is 1.88 bits per heavy atom. The number of carbonyl (C=O) groups is 1. The molecule has 0 saturated heterocycles. The third kappa shape index (κ3) is 4.60. The van der Waals surface area contributed by atoms with Crippen molar-refractivity contribution in [2.75, 3.05) is 11.9 Å². The molecule has 9 heteroatoms. The zero-order valence-corrected chi connectivity index (χ0v) is 18.0. The molecule has 2 heterocycles. The summed E-state index contributed by atoms with van der Waals surface area (Å²) in [7, 11) is 0. The van der Waals surface area contributed by atoms with Gasteiger partial charge < -0.3 is 10.6 Å². The van der Waals surface area contributed by atoms with E-state index in [4.69, 9.17) is 11.6 Å². The van der Waals surface area contributed by atoms with Crippen LogP contribution in [0.15, 0.2) is 54.6 Å². The monoisotopic (exact) mass is 462 g/mol. The van der Waals surface area contributed by atoms with Crippen LogP contribution in [-0.2, 0) is 6.42 Å². The molecule has 168 valence electrons. The van der Waals surface area contributed by atoms with Gasteiger partial charge in [0.2, 0.25) is 0 Å². The molecule has 2 atom stereocenters. The fraction of sp³-hybridized carbons (Fsp3) is 0.304. The fourth-order valence-electron chi connectivity index (χ4n) is 3.80. The summed E-state index contributed by atoms with van der Waals surface area (Å²) in [6.07, 6.45) is -4.22. The van der Waals surface area contributed by atoms with Crippen molar-refractivity contribution in [3.05, 3.63) is 82.0 Å². The molecule has 1 amide bonds. The lowest BCUT2D eigenvalue weighted by molar-refractivity contribution is -0.173. The highest BCUT2D eigenvalue weighted by atomic mass is 35.5. The van der Waals surface area contributed by atoms with Crippen molar-refractivity contribution in [1.29, 1.82) is 0 Å². The second-order valence-corrected chi connectivity index (χ2v) is 8.23. The predicted octanol–water partition coefficient (Wildman–Crippen LogP) is 5.48. The molecule has 0 spiro atoms. The Morgan fingerprint density at radius 3 is 2.53 bits per heavy atom. The van der Waals surface area contributed by atoms with Crippen molar-refractivity contribution in [1.82, 2.24) is 15.1 Å². The molecule has 0 fully saturated rings. The van der Waals surface area contributed by atoms with Crippen LogP contribution in [0, 0.1) is 6.92 Å². The van der Waals surface area contributed by atoms with E-state index in [1.165, 1.54) is 0 Å². The molecule has 1 aromatic heterocycles. The first-order chi connectivity index (χ1) is 15.2. The SMILES string of the molecule is Cc1ccc([C@@H]2C[C@H](C(F)(F)F)n3nc(C(=O)NCCc4ccccc4)c(Cl)c3N2)cc1. The molecule has 5 nitrogen and oxygen atoms in total. The summed E-state index contributed by atoms with van der Waals surface area (Å²) < 4.78 is 42.4. The minimum atomic E-state index is -4.55. The third-order valence-electron chi connectivity index (χ3n) is 5.53. The number of hydrogen-bond donors (Lipinski definition) is 2. The highest BCUT2D eigenvalue weighted by Crippen LogP contribution is 2.46. The van der Waals surface area contributed by atoms with Crippen molar-refractivity contribution >= 4 is 23.3 Å². The minimum absolute atomic E-state index is 0.000902. The number of hydrogen-bond acceptors (Lipinski definition) is 3. The van der Waals surface area contributed by atoms with Gasteiger partial charge in [-0.1, -0.05) is 71.8 Å². The van der Waals surface area contributed by atoms with Gasteiger partial charge in [0.05, 0.1) is 6.04 Å². The number of nitrogens with one attached hydrogen (secondary N) is 2. The van der Waals surface area contributed by atoms with Crippen molar-refractivity contribution in [3.8, 4) is 0 Å². The highest BCUT2D eigenvalue weighted by Gasteiger charge is 2.47. The average Bonchev–Trinajstić information content (AvgIpc) is 3.10. The summed E-state index contributed by atoms with van der Waals surface area (Å²) in [4.78, 5) is 12.6. The van der Waals surface area contributed by atoms with Crippen LogP contribution in [0.3, 0.4) is 0 Å². The summed E-state index contributed by atoms with van der Waals surface area (Å²) in [6.45, 7) is 2.22. The van der Waals surface area contributed by atoms with Gasteiger partial charge in [0, 0.05) is 13.0 Å². The van der Waals surface area contributed by atoms with Crippen LogP contribution in [0.1, 0.15) is 45.7 Å². The van der Waals surface area contributed by atoms with Crippen LogP contribution in [0.25, 0.3) is 0 Å². The van der Waals surface area contributed by atoms with Gasteiger partial charge >= 0.3 is 6.18 Å². The number of aryl methyl sites for hydroxylation is 1. The Labute approximate surface area is 188 Å². The van der Waals surface area contributed by atoms with Gasteiger partial charge in [0.1, 0.15) is 10.8 Å². The molecule has 32 heavy (non-hydrogen) atoms. The Bertz CT molecular complexity index is 1100. The number of aromatic nitrogens is 2. The van der Waals surface area contributed by atoms with Crippen LogP contribution >= 0.6 is 11.6 Å². The smallest absolute Gasteiger partial charge is 0.362 e. The van der Waals surface area contributed by atoms with Crippen LogP contribution < -0.4 is 10.6 Å². The topological polar surface area (TPSA) is 59.0 Å². The maximum Gasteiger partial charge on any atom is 0.410 e. The van der Waals surface area contributed by atoms with E-state index in [0.29, 0.717) is 18.5 Å². The number of fused-ring (bicyclic) bond motifs is 1. The summed E-state index contributed by atoms with van der Waals surface area (Å²) in [6, 6.07) is 14.3. The van der Waals surface area contributed by atoms with Crippen molar-refractivity contribution in [3.63, 3.8) is 0 Å². The van der Waals surface area contributed by atoms with Gasteiger partial charge in [-0.2, -0.15) is 18.3 Å². The molecule has 1 aliphatic heterocycles. The van der Waals surface area contributed by atoms with Crippen molar-refractivity contribution in [2.24, 2.45) is 0 Å². The number of rotatable bonds is 5. The van der Waals surface area contributed by atoms with Gasteiger partial charge in [-0.05, 0) is 24.5 Å². The van der Waals surface area contributed by atoms with E-state index in [1.807, 2.05) is 49.4 Å². The number of carbonyl (C=O) groups excluding carboxylic acids is 1. The van der Waals surface area contributed by atoms with Crippen LogP contribution in [0.5, 0.6) is 0 Å². The van der Waals surface area contributed by atoms with Crippen molar-refractivity contribution < 1.29 is 18.0 Å². The lowest BCUT2D eigenvalue weighted by Gasteiger charge is -2.33. The normalized spacial score (nSPS) is 18.0. The quantitative estimate of drug-likeness (QED) is 0.528. The molecule has 0 aliphatic carbocycles. The fourth-order valence-corrected chi connectivity index (χ4v) is 4.07. The van der Waals surface area contributed by atoms with E-state index < -0.39 is 24.2 Å². The molecule has 1 aliphatic rings. The van der Waals surface area contributed by atoms with Crippen LogP contribution in [0.4, 0.5) is 19.0 Å². The van der Waals surface area contributed by atoms with Gasteiger partial charge in [-0.3, -0.25) is 4.79 Å². The molecule has 0 bridgehead atoms. The number of amides is 1. The maximum atomic E-state index is 13.9. The highest BCUT2D eigenvalue weighted by molar-refractivity contribution is 6.36. The number of benzene rings is 2. The largest absolute Gasteiger partial charge is 0.410 e. The van der Waals surface area contributed by atoms with Gasteiger partial charge in [-0.15, -0.1) is 0 Å². The second-order valence-electron chi connectivity index (χ2n) is 7.85. The predicted molar refractivity (Wildman–Crippen MR) is 117 cm³/mol. The number of nitrogens with zero attached hydrogens (tertiary/aromatic N) is 2. The summed E-state index contributed by atoms with van der Waals surface area (Å²) >= 11 is 6.35. The second kappa shape index (κ2) is 8.86. The summed E-state index contributed by atoms with van der Waals surface area (Å²) in [5, 5.41) is 9.58. The first-order valence-corrected chi connectivity index (χ1v) is 10.6. The Morgan fingerprint density at radius 1 is 1.19 bits per heavy atom. The molecule has 0 radical (unpaired) electrons. The molecule has 2 aromatic carbocycles. The van der Waals surface area contributed by atoms with Gasteiger partial charge in [0.15, 0.2) is 11.7 Å². The maximum absolute atomic E-state index is 13.9. The summed E-state index contributed by atoms with van der Waals surface area (Å²) in [5.74, 6) is -0.610. The van der Waals surface area contributed by atoms with Crippen LogP contribution in [-0.4, -0.2) is 28.4 Å². The van der Waals surface area contributed by atoms with E-state index >= 15 is 0 Å². The van der Waals surface area contributed by atoms with E-state index in [1.54, 1.807) is 12.1 Å². The Kier molecular flexibility index (Phi) is 6.15. The Balaban J connectivity index is 1.57. The van der Waals surface area contributed by atoms with Crippen LogP contribution in [0.2, 0.25) is 5.02 Å². The molecule has 0 unspecified atom stereocenters. The molecule has 4 rings (SSSR count). The zero-order chi connectivity index (χ0) is 22.9. The minimum Gasteiger partial charge on any atom is -0.362 e. The number of halogens is 4. The van der Waals surface area contributed by atoms with Gasteiger partial charge in [-0.25, -0.2) is 4.68 Å². The first kappa shape index (κ1) is 22.2. The Hall–Kier alpha value is -3.00. The number of alkyl halides is 3. The summed E-state index contributed by atoms with van der Waals surface area (Å²) in [5.41, 5.74) is 2.53. The van der Waals surface area contributed by atoms with E-state index in [9.17, 15) is 18.0 Å². The average molecular weight is 463 g/mol. The standard InChI is InChI=1S/C23H22ClF3N4O/c1-14-7-9-16(10-8-14)17-13-18(23(25,26)27)31-21(29-17)19(24)20(30-31)22(32)28-12-11-15-5-3-2-4-6-15/h2-10,17-18,29H,11-13H2,1H3,(H,28,32)/t17-,18+/m0/s1. The lowest BCUT2D eigenvalue weighted by Crippen LogP contribution is -2.36. The zero-order valence-electron chi connectivity index (χ0n) is 17.3. The molecule has 3 aromatic rings. The van der Waals surface area contributed by atoms with E-state index in [0.717, 1.165) is 15.8 Å². The third-order valence-corrected chi connectivity index (χ3v) is 5.89. The first-order valence-electron chi connectivity index (χ1n) is 10.2. The molecule has 2 N–H and O–H groups in total. The van der Waals surface area contributed by atoms with E-state index in [-0.39, 0.29) is 23.0 Å². The van der Waals surface area contributed by atoms with Crippen molar-refractivity contribution in [2.45, 2.75) is 38.0 Å². The molecular weight excluding hydrogens is 441 g/mol. The van der Waals surface area contributed by atoms with E-state index in [2.05, 4.69) is 15.7 Å². The number of anilines is 1.